The fourth-order valence-electron chi connectivity index (χ4n) is 1.78. The van der Waals surface area contributed by atoms with Crippen LogP contribution in [0.25, 0.3) is 10.9 Å². The van der Waals surface area contributed by atoms with E-state index in [9.17, 15) is 9.59 Å². The summed E-state index contributed by atoms with van der Waals surface area (Å²) in [6.07, 6.45) is 0. The Morgan fingerprint density at radius 2 is 2.18 bits per heavy atom. The fourth-order valence-corrected chi connectivity index (χ4v) is 1.98. The highest BCUT2D eigenvalue weighted by Crippen LogP contribution is 2.25. The maximum Gasteiger partial charge on any atom is 0.232 e. The van der Waals surface area contributed by atoms with Crippen molar-refractivity contribution in [2.24, 2.45) is 5.73 Å². The van der Waals surface area contributed by atoms with Gasteiger partial charge in [-0.15, -0.1) is 0 Å². The SMILES string of the molecule is CC(=O)C(C(N)=O)c1ccc2[nH]nc(Cl)c2c1. The minimum atomic E-state index is -0.939. The Labute approximate surface area is 102 Å². The number of halogens is 1. The topological polar surface area (TPSA) is 88.8 Å². The maximum absolute atomic E-state index is 11.4. The number of nitrogens with two attached hydrogens (primary N) is 1. The van der Waals surface area contributed by atoms with E-state index in [0.717, 1.165) is 5.52 Å². The van der Waals surface area contributed by atoms with E-state index in [2.05, 4.69) is 10.2 Å². The minimum Gasteiger partial charge on any atom is -0.369 e. The van der Waals surface area contributed by atoms with Crippen LogP contribution in [0.2, 0.25) is 5.15 Å². The molecule has 3 N–H and O–H groups in total. The van der Waals surface area contributed by atoms with Gasteiger partial charge in [-0.1, -0.05) is 17.7 Å². The van der Waals surface area contributed by atoms with Gasteiger partial charge >= 0.3 is 0 Å². The van der Waals surface area contributed by atoms with Crippen LogP contribution in [0.1, 0.15) is 18.4 Å². The van der Waals surface area contributed by atoms with Crippen LogP contribution in [0.3, 0.4) is 0 Å². The fraction of sp³-hybridized carbons (Fsp3) is 0.182. The number of nitrogens with zero attached hydrogens (tertiary/aromatic N) is 1. The molecule has 0 saturated carbocycles. The number of hydrogen-bond acceptors (Lipinski definition) is 3. The van der Waals surface area contributed by atoms with E-state index in [4.69, 9.17) is 17.3 Å². The molecule has 1 aromatic heterocycles. The maximum atomic E-state index is 11.4. The molecule has 0 aliphatic carbocycles. The number of carbonyl (C=O) groups is 2. The van der Waals surface area contributed by atoms with E-state index >= 15 is 0 Å². The zero-order chi connectivity index (χ0) is 12.6. The number of amides is 1. The summed E-state index contributed by atoms with van der Waals surface area (Å²) in [5.74, 6) is -1.90. The third-order valence-corrected chi connectivity index (χ3v) is 2.85. The molecule has 1 amide bonds. The number of nitrogens with one attached hydrogen (secondary N) is 1. The average molecular weight is 252 g/mol. The quantitative estimate of drug-likeness (QED) is 0.808. The smallest absolute Gasteiger partial charge is 0.232 e. The van der Waals surface area contributed by atoms with Crippen LogP contribution in [-0.2, 0) is 9.59 Å². The van der Waals surface area contributed by atoms with E-state index in [1.54, 1.807) is 18.2 Å². The lowest BCUT2D eigenvalue weighted by atomic mass is 9.94. The average Bonchev–Trinajstić information content (AvgIpc) is 2.59. The van der Waals surface area contributed by atoms with Crippen molar-refractivity contribution in [1.82, 2.24) is 10.2 Å². The van der Waals surface area contributed by atoms with Crippen molar-refractivity contribution in [3.8, 4) is 0 Å². The normalized spacial score (nSPS) is 12.6. The molecule has 2 aromatic rings. The number of primary amides is 1. The Hall–Kier alpha value is -1.88. The van der Waals surface area contributed by atoms with Crippen LogP contribution < -0.4 is 5.73 Å². The van der Waals surface area contributed by atoms with Gasteiger partial charge < -0.3 is 5.73 Å². The Bertz CT molecular complexity index is 592. The van der Waals surface area contributed by atoms with Crippen LogP contribution in [-0.4, -0.2) is 21.9 Å². The zero-order valence-corrected chi connectivity index (χ0v) is 9.78. The molecule has 0 aliphatic heterocycles. The number of aromatic amines is 1. The molecule has 1 aromatic carbocycles. The Morgan fingerprint density at radius 3 is 2.76 bits per heavy atom. The van der Waals surface area contributed by atoms with Crippen LogP contribution in [0.4, 0.5) is 0 Å². The zero-order valence-electron chi connectivity index (χ0n) is 9.03. The first-order valence-corrected chi connectivity index (χ1v) is 5.32. The summed E-state index contributed by atoms with van der Waals surface area (Å²) in [6, 6.07) is 5.02. The number of Topliss-reactive ketones (excluding diaryl/α,β-unsaturated/α-hetero) is 1. The van der Waals surface area contributed by atoms with E-state index < -0.39 is 11.8 Å². The molecule has 0 saturated heterocycles. The molecule has 2 rings (SSSR count). The molecule has 17 heavy (non-hydrogen) atoms. The summed E-state index contributed by atoms with van der Waals surface area (Å²) in [6.45, 7) is 1.33. The van der Waals surface area contributed by atoms with Crippen molar-refractivity contribution in [1.29, 1.82) is 0 Å². The van der Waals surface area contributed by atoms with Gasteiger partial charge in [-0.2, -0.15) is 5.10 Å². The molecule has 0 bridgehead atoms. The van der Waals surface area contributed by atoms with Crippen molar-refractivity contribution in [2.45, 2.75) is 12.8 Å². The van der Waals surface area contributed by atoms with Crippen molar-refractivity contribution < 1.29 is 9.59 Å². The van der Waals surface area contributed by atoms with Crippen molar-refractivity contribution in [3.05, 3.63) is 28.9 Å². The Balaban J connectivity index is 2.57. The van der Waals surface area contributed by atoms with Gasteiger partial charge in [0.05, 0.1) is 5.52 Å². The van der Waals surface area contributed by atoms with E-state index in [1.165, 1.54) is 6.92 Å². The lowest BCUT2D eigenvalue weighted by molar-refractivity contribution is -0.127. The van der Waals surface area contributed by atoms with Crippen molar-refractivity contribution in [2.75, 3.05) is 0 Å². The van der Waals surface area contributed by atoms with Gasteiger partial charge in [-0.05, 0) is 24.6 Å². The molecule has 1 unspecified atom stereocenters. The minimum absolute atomic E-state index is 0.295. The predicted molar refractivity (Wildman–Crippen MR) is 63.7 cm³/mol. The molecular weight excluding hydrogens is 242 g/mol. The number of fused-ring (bicyclic) bond motifs is 1. The largest absolute Gasteiger partial charge is 0.369 e. The van der Waals surface area contributed by atoms with Crippen LogP contribution in [0, 0.1) is 0 Å². The molecule has 0 radical (unpaired) electrons. The lowest BCUT2D eigenvalue weighted by Gasteiger charge is -2.09. The second kappa shape index (κ2) is 4.18. The summed E-state index contributed by atoms with van der Waals surface area (Å²) >= 11 is 5.86. The summed E-state index contributed by atoms with van der Waals surface area (Å²) < 4.78 is 0. The second-order valence-corrected chi connectivity index (χ2v) is 4.12. The van der Waals surface area contributed by atoms with Gasteiger partial charge in [-0.3, -0.25) is 14.7 Å². The number of benzene rings is 1. The first-order valence-electron chi connectivity index (χ1n) is 4.94. The third-order valence-electron chi connectivity index (χ3n) is 2.56. The number of carbonyl (C=O) groups excluding carboxylic acids is 2. The van der Waals surface area contributed by atoms with Crippen LogP contribution in [0.15, 0.2) is 18.2 Å². The Morgan fingerprint density at radius 1 is 1.47 bits per heavy atom. The number of ketones is 1. The summed E-state index contributed by atoms with van der Waals surface area (Å²) in [5, 5.41) is 7.52. The predicted octanol–water partition coefficient (Wildman–Crippen LogP) is 1.37. The number of H-pyrrole nitrogens is 1. The highest BCUT2D eigenvalue weighted by Gasteiger charge is 2.23. The first-order chi connectivity index (χ1) is 8.00. The van der Waals surface area contributed by atoms with Gasteiger partial charge in [0.15, 0.2) is 5.15 Å². The van der Waals surface area contributed by atoms with Crippen LogP contribution in [0.5, 0.6) is 0 Å². The highest BCUT2D eigenvalue weighted by molar-refractivity contribution is 6.34. The molecule has 88 valence electrons. The molecule has 0 fully saturated rings. The monoisotopic (exact) mass is 251 g/mol. The molecule has 1 atom stereocenters. The standard InChI is InChI=1S/C11H10ClN3O2/c1-5(16)9(11(13)17)6-2-3-8-7(4-6)10(12)15-14-8/h2-4,9H,1H3,(H2,13,17)(H,14,15). The third kappa shape index (κ3) is 2.01. The molecule has 0 aliphatic rings. The summed E-state index contributed by atoms with van der Waals surface area (Å²) in [7, 11) is 0. The highest BCUT2D eigenvalue weighted by atomic mass is 35.5. The lowest BCUT2D eigenvalue weighted by Crippen LogP contribution is -2.26. The number of hydrogen-bond donors (Lipinski definition) is 2. The molecule has 5 nitrogen and oxygen atoms in total. The van der Waals surface area contributed by atoms with Crippen LogP contribution >= 0.6 is 11.6 Å². The summed E-state index contributed by atoms with van der Waals surface area (Å²) in [4.78, 5) is 22.6. The van der Waals surface area contributed by atoms with Gasteiger partial charge in [-0.25, -0.2) is 0 Å². The van der Waals surface area contributed by atoms with Gasteiger partial charge in [0, 0.05) is 5.39 Å². The second-order valence-electron chi connectivity index (χ2n) is 3.77. The first kappa shape index (κ1) is 11.6. The van der Waals surface area contributed by atoms with E-state index in [-0.39, 0.29) is 5.78 Å². The van der Waals surface area contributed by atoms with Crippen molar-refractivity contribution >= 4 is 34.2 Å². The summed E-state index contributed by atoms with van der Waals surface area (Å²) in [5.41, 5.74) is 6.48. The molecule has 1 heterocycles. The van der Waals surface area contributed by atoms with Gasteiger partial charge in [0.25, 0.3) is 0 Å². The molecule has 0 spiro atoms. The van der Waals surface area contributed by atoms with Gasteiger partial charge in [0.1, 0.15) is 11.7 Å². The molecular formula is C11H10ClN3O2. The van der Waals surface area contributed by atoms with Gasteiger partial charge in [0.2, 0.25) is 5.91 Å². The van der Waals surface area contributed by atoms with E-state index in [1.807, 2.05) is 0 Å². The number of aromatic nitrogens is 2. The molecule has 6 heteroatoms. The van der Waals surface area contributed by atoms with Crippen molar-refractivity contribution in [3.63, 3.8) is 0 Å². The Kier molecular flexibility index (Phi) is 2.85. The number of rotatable bonds is 3. The van der Waals surface area contributed by atoms with E-state index in [0.29, 0.717) is 16.1 Å².